The van der Waals surface area contributed by atoms with Gasteiger partial charge in [0.1, 0.15) is 11.5 Å². The molecule has 35 heavy (non-hydrogen) atoms. The van der Waals surface area contributed by atoms with Gasteiger partial charge in [0.15, 0.2) is 5.41 Å². The number of ether oxygens (including phenoxy) is 2. The molecule has 0 heterocycles. The maximum atomic E-state index is 13.8. The normalized spacial score (nSPS) is 13.3. The molecule has 2 aromatic carbocycles. The maximum Gasteiger partial charge on any atom is 0.404 e. The van der Waals surface area contributed by atoms with Gasteiger partial charge >= 0.3 is 12.1 Å². The van der Waals surface area contributed by atoms with E-state index in [1.54, 1.807) is 12.1 Å². The van der Waals surface area contributed by atoms with E-state index in [2.05, 4.69) is 6.92 Å². The number of benzene rings is 2. The summed E-state index contributed by atoms with van der Waals surface area (Å²) in [6.07, 6.45) is 3.50. The highest BCUT2D eigenvalue weighted by Gasteiger charge is 2.57. The molecule has 0 aliphatic carbocycles. The van der Waals surface area contributed by atoms with Crippen LogP contribution in [0.25, 0.3) is 11.1 Å². The molecule has 2 aromatic rings. The lowest BCUT2D eigenvalue weighted by Crippen LogP contribution is -2.45. The Labute approximate surface area is 208 Å². The second-order valence-electron chi connectivity index (χ2n) is 9.34. The molecule has 0 saturated carbocycles. The molecule has 194 valence electrons. The van der Waals surface area contributed by atoms with Crippen LogP contribution in [-0.4, -0.2) is 18.8 Å². The quantitative estimate of drug-likeness (QED) is 0.141. The molecule has 2 rings (SSSR count). The van der Waals surface area contributed by atoms with Crippen LogP contribution in [0.5, 0.6) is 11.5 Å². The van der Waals surface area contributed by atoms with Crippen molar-refractivity contribution < 1.29 is 27.4 Å². The fourth-order valence-corrected chi connectivity index (χ4v) is 3.84. The van der Waals surface area contributed by atoms with Gasteiger partial charge in [-0.1, -0.05) is 89.5 Å². The number of esters is 1. The summed E-state index contributed by atoms with van der Waals surface area (Å²) >= 11 is 0. The van der Waals surface area contributed by atoms with Crippen LogP contribution in [0, 0.1) is 5.41 Å². The van der Waals surface area contributed by atoms with Gasteiger partial charge in [-0.2, -0.15) is 13.2 Å². The van der Waals surface area contributed by atoms with Crippen LogP contribution in [0.4, 0.5) is 13.2 Å². The summed E-state index contributed by atoms with van der Waals surface area (Å²) in [5, 5.41) is 0. The van der Waals surface area contributed by atoms with Crippen molar-refractivity contribution in [3.63, 3.8) is 0 Å². The molecule has 6 heteroatoms. The highest BCUT2D eigenvalue weighted by Crippen LogP contribution is 2.43. The van der Waals surface area contributed by atoms with Crippen molar-refractivity contribution in [2.24, 2.45) is 5.41 Å². The van der Waals surface area contributed by atoms with Crippen molar-refractivity contribution >= 4 is 5.97 Å². The van der Waals surface area contributed by atoms with E-state index in [0.717, 1.165) is 55.9 Å². The second-order valence-corrected chi connectivity index (χ2v) is 9.34. The molecule has 1 unspecified atom stereocenters. The van der Waals surface area contributed by atoms with Crippen LogP contribution in [0.15, 0.2) is 48.5 Å². The van der Waals surface area contributed by atoms with Crippen LogP contribution in [-0.2, 0) is 4.79 Å². The summed E-state index contributed by atoms with van der Waals surface area (Å²) < 4.78 is 52.3. The van der Waals surface area contributed by atoms with Gasteiger partial charge in [0.2, 0.25) is 0 Å². The largest absolute Gasteiger partial charge is 0.494 e. The van der Waals surface area contributed by atoms with Gasteiger partial charge in [-0.05, 0) is 55.2 Å². The van der Waals surface area contributed by atoms with Gasteiger partial charge in [-0.15, -0.1) is 0 Å². The molecule has 3 nitrogen and oxygen atoms in total. The molecular weight excluding hydrogens is 453 g/mol. The summed E-state index contributed by atoms with van der Waals surface area (Å²) in [6.45, 7) is 5.85. The Morgan fingerprint density at radius 2 is 1.20 bits per heavy atom. The molecule has 0 aromatic heterocycles. The van der Waals surface area contributed by atoms with Gasteiger partial charge in [-0.25, -0.2) is 0 Å². The van der Waals surface area contributed by atoms with Crippen LogP contribution < -0.4 is 9.47 Å². The predicted octanol–water partition coefficient (Wildman–Crippen LogP) is 9.15. The topological polar surface area (TPSA) is 35.5 Å². The van der Waals surface area contributed by atoms with Gasteiger partial charge in [-0.3, -0.25) is 4.79 Å². The molecule has 0 spiro atoms. The number of rotatable bonds is 15. The van der Waals surface area contributed by atoms with E-state index in [0.29, 0.717) is 19.4 Å². The minimum atomic E-state index is -4.67. The fraction of sp³-hybridized carbons (Fsp3) is 0.552. The third-order valence-corrected chi connectivity index (χ3v) is 6.38. The zero-order valence-corrected chi connectivity index (χ0v) is 21.3. The lowest BCUT2D eigenvalue weighted by Gasteiger charge is -2.29. The Morgan fingerprint density at radius 3 is 1.71 bits per heavy atom. The number of hydrogen-bond acceptors (Lipinski definition) is 3. The number of carbonyl (C=O) groups is 1. The standard InChI is InChI=1S/C29H39F3O3/c1-4-6-8-10-11-21-28(3,29(30,31)32)27(33)35-26-19-15-24(16-20-26)23-13-17-25(18-14-23)34-22-12-9-7-5-2/h13-20H,4-12,21-22H2,1-3H3. The first kappa shape index (κ1) is 28.7. The van der Waals surface area contributed by atoms with Gasteiger partial charge < -0.3 is 9.47 Å². The van der Waals surface area contributed by atoms with Crippen molar-refractivity contribution in [3.8, 4) is 22.6 Å². The third-order valence-electron chi connectivity index (χ3n) is 6.38. The summed E-state index contributed by atoms with van der Waals surface area (Å²) in [5.74, 6) is -0.349. The van der Waals surface area contributed by atoms with E-state index in [-0.39, 0.29) is 12.2 Å². The highest BCUT2D eigenvalue weighted by atomic mass is 19.4. The lowest BCUT2D eigenvalue weighted by atomic mass is 9.83. The van der Waals surface area contributed by atoms with Crippen molar-refractivity contribution in [1.29, 1.82) is 0 Å². The first-order chi connectivity index (χ1) is 16.7. The van der Waals surface area contributed by atoms with Crippen LogP contribution in [0.3, 0.4) is 0 Å². The van der Waals surface area contributed by atoms with E-state index in [1.165, 1.54) is 25.0 Å². The fourth-order valence-electron chi connectivity index (χ4n) is 3.84. The van der Waals surface area contributed by atoms with Crippen molar-refractivity contribution in [3.05, 3.63) is 48.5 Å². The van der Waals surface area contributed by atoms with E-state index in [4.69, 9.17) is 9.47 Å². The summed E-state index contributed by atoms with van der Waals surface area (Å²) in [4.78, 5) is 12.6. The Kier molecular flexibility index (Phi) is 11.6. The summed E-state index contributed by atoms with van der Waals surface area (Å²) in [5.41, 5.74) is -0.716. The first-order valence-electron chi connectivity index (χ1n) is 12.8. The van der Waals surface area contributed by atoms with Crippen LogP contribution in [0.1, 0.15) is 85.0 Å². The molecule has 0 fully saturated rings. The predicted molar refractivity (Wildman–Crippen MR) is 135 cm³/mol. The molecule has 0 saturated heterocycles. The molecule has 0 amide bonds. The Hall–Kier alpha value is -2.50. The summed E-state index contributed by atoms with van der Waals surface area (Å²) in [6, 6.07) is 14.2. The summed E-state index contributed by atoms with van der Waals surface area (Å²) in [7, 11) is 0. The number of halogens is 3. The van der Waals surface area contributed by atoms with Gasteiger partial charge in [0.05, 0.1) is 6.61 Å². The van der Waals surface area contributed by atoms with E-state index >= 15 is 0 Å². The van der Waals surface area contributed by atoms with Gasteiger partial charge in [0.25, 0.3) is 0 Å². The average Bonchev–Trinajstić information content (AvgIpc) is 2.84. The molecular formula is C29H39F3O3. The van der Waals surface area contributed by atoms with E-state index in [9.17, 15) is 18.0 Å². The minimum Gasteiger partial charge on any atom is -0.494 e. The third kappa shape index (κ3) is 8.90. The molecule has 1 atom stereocenters. The average molecular weight is 493 g/mol. The zero-order valence-electron chi connectivity index (χ0n) is 21.3. The second kappa shape index (κ2) is 14.2. The van der Waals surface area contributed by atoms with E-state index < -0.39 is 17.6 Å². The Balaban J connectivity index is 1.96. The van der Waals surface area contributed by atoms with Crippen molar-refractivity contribution in [1.82, 2.24) is 0 Å². The monoisotopic (exact) mass is 492 g/mol. The van der Waals surface area contributed by atoms with Crippen LogP contribution >= 0.6 is 0 Å². The van der Waals surface area contributed by atoms with Crippen LogP contribution in [0.2, 0.25) is 0 Å². The van der Waals surface area contributed by atoms with Crippen molar-refractivity contribution in [2.75, 3.05) is 6.61 Å². The number of unbranched alkanes of at least 4 members (excludes halogenated alkanes) is 7. The van der Waals surface area contributed by atoms with E-state index in [1.807, 2.05) is 31.2 Å². The minimum absolute atomic E-state index is 0.104. The first-order valence-corrected chi connectivity index (χ1v) is 12.8. The lowest BCUT2D eigenvalue weighted by molar-refractivity contribution is -0.226. The maximum absolute atomic E-state index is 13.8. The smallest absolute Gasteiger partial charge is 0.404 e. The molecule has 0 aliphatic rings. The number of hydrogen-bond donors (Lipinski definition) is 0. The molecule has 0 radical (unpaired) electrons. The van der Waals surface area contributed by atoms with Gasteiger partial charge in [0, 0.05) is 0 Å². The molecule has 0 aliphatic heterocycles. The number of alkyl halides is 3. The van der Waals surface area contributed by atoms with Crippen molar-refractivity contribution in [2.45, 2.75) is 91.2 Å². The highest BCUT2D eigenvalue weighted by molar-refractivity contribution is 5.80. The zero-order chi connectivity index (χ0) is 25.7. The molecule has 0 N–H and O–H groups in total. The number of carbonyl (C=O) groups excluding carboxylic acids is 1. The Morgan fingerprint density at radius 1 is 0.714 bits per heavy atom. The molecule has 0 bridgehead atoms. The Bertz CT molecular complexity index is 876. The SMILES string of the molecule is CCCCCCCC(C)(C(=O)Oc1ccc(-c2ccc(OCCCCCC)cc2)cc1)C(F)(F)F.